The summed E-state index contributed by atoms with van der Waals surface area (Å²) in [4.78, 5) is 25.7. The number of hydrogen-bond donors (Lipinski definition) is 2. The van der Waals surface area contributed by atoms with Crippen LogP contribution in [0.3, 0.4) is 0 Å². The second-order valence-electron chi connectivity index (χ2n) is 8.67. The molecule has 7 heteroatoms. The van der Waals surface area contributed by atoms with Crippen LogP contribution in [0.4, 0.5) is 4.39 Å². The molecule has 0 aliphatic carbocycles. The molecule has 0 spiro atoms. The van der Waals surface area contributed by atoms with Gasteiger partial charge in [0, 0.05) is 36.7 Å². The topological polar surface area (TPSA) is 78.9 Å². The van der Waals surface area contributed by atoms with Crippen molar-refractivity contribution in [2.24, 2.45) is 0 Å². The van der Waals surface area contributed by atoms with Crippen LogP contribution in [0.25, 0.3) is 0 Å². The minimum absolute atomic E-state index is 0.0698. The second-order valence-corrected chi connectivity index (χ2v) is 8.67. The van der Waals surface area contributed by atoms with Crippen LogP contribution < -0.4 is 10.1 Å². The molecule has 2 aliphatic rings. The van der Waals surface area contributed by atoms with E-state index in [0.717, 1.165) is 43.2 Å². The molecule has 0 radical (unpaired) electrons. The first kappa shape index (κ1) is 22.3. The van der Waals surface area contributed by atoms with Crippen molar-refractivity contribution in [2.75, 3.05) is 6.61 Å². The van der Waals surface area contributed by atoms with Gasteiger partial charge in [-0.2, -0.15) is 0 Å². The highest BCUT2D eigenvalue weighted by Gasteiger charge is 2.42. The molecule has 2 aromatic carbocycles. The van der Waals surface area contributed by atoms with Crippen LogP contribution in [0.15, 0.2) is 48.5 Å². The number of fused-ring (bicyclic) bond motifs is 1. The number of nitrogens with zero attached hydrogens (tertiary/aromatic N) is 1. The Morgan fingerprint density at radius 3 is 2.72 bits per heavy atom. The van der Waals surface area contributed by atoms with E-state index in [1.54, 1.807) is 6.07 Å². The number of rotatable bonds is 7. The fourth-order valence-corrected chi connectivity index (χ4v) is 4.98. The van der Waals surface area contributed by atoms with Gasteiger partial charge in [-0.3, -0.25) is 9.69 Å². The SMILES string of the molecule is O=C(O)COc1ccccc1CN1[C@@H](Cc2ccc(F)cc2)C[C@H]2NC(=O)CCCC[C@@H]21. The van der Waals surface area contributed by atoms with E-state index in [2.05, 4.69) is 10.2 Å². The number of hydrogen-bond acceptors (Lipinski definition) is 4. The van der Waals surface area contributed by atoms with Crippen LogP contribution in [0.2, 0.25) is 0 Å². The zero-order valence-electron chi connectivity index (χ0n) is 18.0. The fraction of sp³-hybridized carbons (Fsp3) is 0.440. The van der Waals surface area contributed by atoms with Gasteiger partial charge in [-0.1, -0.05) is 36.8 Å². The first-order valence-electron chi connectivity index (χ1n) is 11.2. The highest BCUT2D eigenvalue weighted by Crippen LogP contribution is 2.34. The summed E-state index contributed by atoms with van der Waals surface area (Å²) in [5.41, 5.74) is 1.98. The molecule has 0 saturated carbocycles. The van der Waals surface area contributed by atoms with Crippen molar-refractivity contribution in [2.45, 2.75) is 63.2 Å². The Kier molecular flexibility index (Phi) is 7.05. The van der Waals surface area contributed by atoms with E-state index in [9.17, 15) is 14.0 Å². The monoisotopic (exact) mass is 440 g/mol. The molecule has 0 bridgehead atoms. The number of carboxylic acid groups (broad SMARTS) is 1. The summed E-state index contributed by atoms with van der Waals surface area (Å²) in [7, 11) is 0. The number of halogens is 1. The minimum atomic E-state index is -1.02. The Morgan fingerprint density at radius 2 is 1.94 bits per heavy atom. The van der Waals surface area contributed by atoms with Crippen molar-refractivity contribution in [3.8, 4) is 5.75 Å². The molecule has 2 fully saturated rings. The third-order valence-corrected chi connectivity index (χ3v) is 6.45. The number of carboxylic acids is 1. The predicted molar refractivity (Wildman–Crippen MR) is 118 cm³/mol. The summed E-state index contributed by atoms with van der Waals surface area (Å²) < 4.78 is 18.9. The zero-order chi connectivity index (χ0) is 22.5. The standard InChI is InChI=1S/C25H29FN2O4/c26-19-11-9-17(10-12-19)13-20-14-21-22(6-2-4-8-24(29)27-21)28(20)15-18-5-1-3-7-23(18)32-16-25(30)31/h1,3,5,7,9-12,20-22H,2,4,6,8,13-16H2,(H,27,29)(H,30,31)/t20-,21+,22-/m0/s1. The van der Waals surface area contributed by atoms with Gasteiger partial charge in [-0.15, -0.1) is 0 Å². The number of carbonyl (C=O) groups is 2. The molecule has 2 heterocycles. The van der Waals surface area contributed by atoms with Gasteiger partial charge in [0.15, 0.2) is 6.61 Å². The van der Waals surface area contributed by atoms with Gasteiger partial charge in [0.1, 0.15) is 11.6 Å². The lowest BCUT2D eigenvalue weighted by Crippen LogP contribution is -2.46. The van der Waals surface area contributed by atoms with Gasteiger partial charge in [0.05, 0.1) is 0 Å². The predicted octanol–water partition coefficient (Wildman–Crippen LogP) is 3.53. The van der Waals surface area contributed by atoms with Crippen molar-refractivity contribution in [1.29, 1.82) is 0 Å². The molecule has 2 N–H and O–H groups in total. The Hall–Kier alpha value is -2.93. The maximum Gasteiger partial charge on any atom is 0.341 e. The first-order valence-corrected chi connectivity index (χ1v) is 11.2. The van der Waals surface area contributed by atoms with Crippen LogP contribution in [0.1, 0.15) is 43.2 Å². The van der Waals surface area contributed by atoms with Crippen molar-refractivity contribution < 1.29 is 23.8 Å². The lowest BCUT2D eigenvalue weighted by Gasteiger charge is -2.33. The summed E-state index contributed by atoms with van der Waals surface area (Å²) >= 11 is 0. The lowest BCUT2D eigenvalue weighted by atomic mass is 9.97. The largest absolute Gasteiger partial charge is 0.482 e. The van der Waals surface area contributed by atoms with Gasteiger partial charge in [0.25, 0.3) is 0 Å². The average Bonchev–Trinajstić information content (AvgIpc) is 3.05. The first-order chi connectivity index (χ1) is 15.5. The van der Waals surface area contributed by atoms with Crippen molar-refractivity contribution in [1.82, 2.24) is 10.2 Å². The van der Waals surface area contributed by atoms with E-state index in [4.69, 9.17) is 9.84 Å². The van der Waals surface area contributed by atoms with Gasteiger partial charge in [-0.05, 0) is 49.4 Å². The van der Waals surface area contributed by atoms with E-state index in [1.807, 2.05) is 30.3 Å². The quantitative estimate of drug-likeness (QED) is 0.689. The summed E-state index contributed by atoms with van der Waals surface area (Å²) in [6.07, 6.45) is 5.00. The Bertz CT molecular complexity index is 949. The van der Waals surface area contributed by atoms with Crippen LogP contribution in [-0.2, 0) is 22.6 Å². The Morgan fingerprint density at radius 1 is 1.16 bits per heavy atom. The normalized spacial score (nSPS) is 23.7. The lowest BCUT2D eigenvalue weighted by molar-refractivity contribution is -0.139. The molecule has 170 valence electrons. The van der Waals surface area contributed by atoms with Crippen LogP contribution >= 0.6 is 0 Å². The maximum atomic E-state index is 13.4. The number of likely N-dealkylation sites (tertiary alicyclic amines) is 1. The molecule has 2 aliphatic heterocycles. The summed E-state index contributed by atoms with van der Waals surface area (Å²) in [5.74, 6) is -0.602. The van der Waals surface area contributed by atoms with E-state index in [1.165, 1.54) is 12.1 Å². The molecule has 1 amide bonds. The number of nitrogens with one attached hydrogen (secondary N) is 1. The van der Waals surface area contributed by atoms with Crippen LogP contribution in [0.5, 0.6) is 5.75 Å². The third kappa shape index (κ3) is 5.46. The number of amides is 1. The van der Waals surface area contributed by atoms with Crippen LogP contribution in [0, 0.1) is 5.82 Å². The third-order valence-electron chi connectivity index (χ3n) is 6.45. The van der Waals surface area contributed by atoms with E-state index in [-0.39, 0.29) is 29.8 Å². The van der Waals surface area contributed by atoms with Gasteiger partial charge in [0.2, 0.25) is 5.91 Å². The van der Waals surface area contributed by atoms with E-state index in [0.29, 0.717) is 18.7 Å². The number of carbonyl (C=O) groups excluding carboxylic acids is 1. The second kappa shape index (κ2) is 10.1. The minimum Gasteiger partial charge on any atom is -0.482 e. The number of para-hydroxylation sites is 1. The Balaban J connectivity index is 1.59. The number of aliphatic carboxylic acids is 1. The molecule has 6 nitrogen and oxygen atoms in total. The fourth-order valence-electron chi connectivity index (χ4n) is 4.98. The summed E-state index contributed by atoms with van der Waals surface area (Å²) in [6, 6.07) is 14.5. The zero-order valence-corrected chi connectivity index (χ0v) is 18.0. The molecule has 3 atom stereocenters. The van der Waals surface area contributed by atoms with Crippen molar-refractivity contribution in [3.63, 3.8) is 0 Å². The van der Waals surface area contributed by atoms with Gasteiger partial charge in [-0.25, -0.2) is 9.18 Å². The average molecular weight is 441 g/mol. The van der Waals surface area contributed by atoms with Crippen molar-refractivity contribution in [3.05, 3.63) is 65.5 Å². The maximum absolute atomic E-state index is 13.4. The molecule has 2 aromatic rings. The molecular weight excluding hydrogens is 411 g/mol. The van der Waals surface area contributed by atoms with Crippen LogP contribution in [-0.4, -0.2) is 46.6 Å². The molecule has 4 rings (SSSR count). The van der Waals surface area contributed by atoms with E-state index < -0.39 is 12.6 Å². The highest BCUT2D eigenvalue weighted by molar-refractivity contribution is 5.76. The molecular formula is C25H29FN2O4. The van der Waals surface area contributed by atoms with Gasteiger partial charge >= 0.3 is 5.97 Å². The number of ether oxygens (including phenoxy) is 1. The molecule has 32 heavy (non-hydrogen) atoms. The van der Waals surface area contributed by atoms with Gasteiger partial charge < -0.3 is 15.2 Å². The van der Waals surface area contributed by atoms with Crippen molar-refractivity contribution >= 4 is 11.9 Å². The molecule has 0 unspecified atom stereocenters. The summed E-state index contributed by atoms with van der Waals surface area (Å²) in [5, 5.41) is 12.2. The Labute approximate surface area is 187 Å². The van der Waals surface area contributed by atoms with E-state index >= 15 is 0 Å². The highest BCUT2D eigenvalue weighted by atomic mass is 19.1. The number of benzene rings is 2. The molecule has 0 aromatic heterocycles. The molecule has 2 saturated heterocycles. The smallest absolute Gasteiger partial charge is 0.341 e. The summed E-state index contributed by atoms with van der Waals surface area (Å²) in [6.45, 7) is 0.205.